The van der Waals surface area contributed by atoms with Gasteiger partial charge in [-0.05, 0) is 52.0 Å². The van der Waals surface area contributed by atoms with Crippen LogP contribution in [0.5, 0.6) is 5.75 Å². The van der Waals surface area contributed by atoms with Gasteiger partial charge in [-0.15, -0.1) is 11.3 Å². The number of fused-ring (bicyclic) bond motifs is 1. The van der Waals surface area contributed by atoms with Crippen LogP contribution < -0.4 is 4.74 Å². The Morgan fingerprint density at radius 1 is 0.879 bits per heavy atom. The summed E-state index contributed by atoms with van der Waals surface area (Å²) in [5, 5.41) is 4.33. The van der Waals surface area contributed by atoms with Crippen LogP contribution in [0.15, 0.2) is 78.2 Å². The van der Waals surface area contributed by atoms with Crippen molar-refractivity contribution in [3.63, 3.8) is 0 Å². The lowest BCUT2D eigenvalue weighted by molar-refractivity contribution is 0.0633. The van der Waals surface area contributed by atoms with E-state index >= 15 is 0 Å². The van der Waals surface area contributed by atoms with Crippen molar-refractivity contribution in [3.8, 4) is 5.75 Å². The molecule has 3 aromatic carbocycles. The minimum absolute atomic E-state index is 0.0818. The average Bonchev–Trinajstić information content (AvgIpc) is 3.33. The first-order valence-electron chi connectivity index (χ1n) is 11.1. The number of rotatable bonds is 6. The number of ether oxygens (including phenoxy) is 1. The van der Waals surface area contributed by atoms with Gasteiger partial charge in [-0.3, -0.25) is 9.69 Å². The molecule has 168 valence electrons. The minimum Gasteiger partial charge on any atom is -0.489 e. The zero-order valence-electron chi connectivity index (χ0n) is 18.2. The molecule has 1 aliphatic heterocycles. The van der Waals surface area contributed by atoms with Gasteiger partial charge < -0.3 is 9.64 Å². The van der Waals surface area contributed by atoms with Crippen LogP contribution in [-0.4, -0.2) is 41.9 Å². The molecule has 2 heterocycles. The molecule has 1 aliphatic rings. The largest absolute Gasteiger partial charge is 0.489 e. The Hall–Kier alpha value is -3.22. The molecule has 0 bridgehead atoms. The number of nitrogens with zero attached hydrogens (tertiary/aromatic N) is 2. The minimum atomic E-state index is -0.216. The number of piperazine rings is 1. The van der Waals surface area contributed by atoms with Gasteiger partial charge in [0.2, 0.25) is 0 Å². The zero-order chi connectivity index (χ0) is 22.6. The Labute approximate surface area is 196 Å². The van der Waals surface area contributed by atoms with Crippen molar-refractivity contribution in [2.24, 2.45) is 0 Å². The maximum Gasteiger partial charge on any atom is 0.264 e. The van der Waals surface area contributed by atoms with Crippen molar-refractivity contribution in [2.45, 2.75) is 13.2 Å². The average molecular weight is 461 g/mol. The van der Waals surface area contributed by atoms with Gasteiger partial charge in [0.1, 0.15) is 18.2 Å². The van der Waals surface area contributed by atoms with Gasteiger partial charge in [0.25, 0.3) is 5.91 Å². The van der Waals surface area contributed by atoms with Crippen LogP contribution in [-0.2, 0) is 13.2 Å². The van der Waals surface area contributed by atoms with Crippen LogP contribution in [0.3, 0.4) is 0 Å². The lowest BCUT2D eigenvalue weighted by Gasteiger charge is -2.34. The van der Waals surface area contributed by atoms with Crippen LogP contribution >= 0.6 is 11.3 Å². The van der Waals surface area contributed by atoms with E-state index in [0.29, 0.717) is 19.7 Å². The quantitative estimate of drug-likeness (QED) is 0.377. The molecule has 0 N–H and O–H groups in total. The molecule has 0 spiro atoms. The molecule has 1 amide bonds. The Balaban J connectivity index is 1.13. The van der Waals surface area contributed by atoms with E-state index in [4.69, 9.17) is 4.74 Å². The Morgan fingerprint density at radius 2 is 1.64 bits per heavy atom. The van der Waals surface area contributed by atoms with E-state index in [0.717, 1.165) is 46.8 Å². The van der Waals surface area contributed by atoms with E-state index in [9.17, 15) is 9.18 Å². The van der Waals surface area contributed by atoms with Gasteiger partial charge >= 0.3 is 0 Å². The number of carbonyl (C=O) groups excluding carboxylic acids is 1. The van der Waals surface area contributed by atoms with Crippen molar-refractivity contribution < 1.29 is 13.9 Å². The second-order valence-corrected chi connectivity index (χ2v) is 9.22. The van der Waals surface area contributed by atoms with Gasteiger partial charge in [0, 0.05) is 38.3 Å². The SMILES string of the molecule is O=C(c1cc(COc2ccc3ccccc3c2)cs1)N1CCN(Cc2ccc(F)cc2)CC1. The summed E-state index contributed by atoms with van der Waals surface area (Å²) < 4.78 is 19.1. The maximum atomic E-state index is 13.1. The first-order valence-corrected chi connectivity index (χ1v) is 12.0. The topological polar surface area (TPSA) is 32.8 Å². The van der Waals surface area contributed by atoms with Crippen LogP contribution in [0.4, 0.5) is 4.39 Å². The lowest BCUT2D eigenvalue weighted by atomic mass is 10.1. The molecule has 6 heteroatoms. The van der Waals surface area contributed by atoms with Gasteiger partial charge in [0.15, 0.2) is 0 Å². The third-order valence-corrected chi connectivity index (χ3v) is 6.94. The fraction of sp³-hybridized carbons (Fsp3) is 0.222. The molecule has 4 aromatic rings. The monoisotopic (exact) mass is 460 g/mol. The molecule has 0 unspecified atom stereocenters. The third-order valence-electron chi connectivity index (χ3n) is 5.97. The van der Waals surface area contributed by atoms with Gasteiger partial charge in [-0.1, -0.05) is 42.5 Å². The number of benzene rings is 3. The van der Waals surface area contributed by atoms with E-state index in [-0.39, 0.29) is 11.7 Å². The highest BCUT2D eigenvalue weighted by molar-refractivity contribution is 7.12. The second kappa shape index (κ2) is 9.73. The summed E-state index contributed by atoms with van der Waals surface area (Å²) >= 11 is 1.47. The summed E-state index contributed by atoms with van der Waals surface area (Å²) in [4.78, 5) is 17.9. The Morgan fingerprint density at radius 3 is 2.42 bits per heavy atom. The third kappa shape index (κ3) is 5.24. The van der Waals surface area contributed by atoms with Crippen LogP contribution in [0.2, 0.25) is 0 Å². The van der Waals surface area contributed by atoms with E-state index in [1.54, 1.807) is 0 Å². The molecule has 4 nitrogen and oxygen atoms in total. The van der Waals surface area contributed by atoms with E-state index in [2.05, 4.69) is 23.1 Å². The summed E-state index contributed by atoms with van der Waals surface area (Å²) in [7, 11) is 0. The first kappa shape index (κ1) is 21.6. The fourth-order valence-electron chi connectivity index (χ4n) is 4.10. The van der Waals surface area contributed by atoms with Crippen molar-refractivity contribution in [2.75, 3.05) is 26.2 Å². The molecule has 33 heavy (non-hydrogen) atoms. The number of thiophene rings is 1. The van der Waals surface area contributed by atoms with E-state index in [1.807, 2.05) is 52.7 Å². The number of carbonyl (C=O) groups is 1. The second-order valence-electron chi connectivity index (χ2n) is 8.31. The van der Waals surface area contributed by atoms with Gasteiger partial charge in [0.05, 0.1) is 4.88 Å². The summed E-state index contributed by atoms with van der Waals surface area (Å²) in [6, 6.07) is 22.8. The molecular weight excluding hydrogens is 435 g/mol. The van der Waals surface area contributed by atoms with E-state index < -0.39 is 0 Å². The molecule has 0 atom stereocenters. The number of hydrogen-bond donors (Lipinski definition) is 0. The van der Waals surface area contributed by atoms with Crippen molar-refractivity contribution in [1.29, 1.82) is 0 Å². The molecule has 1 saturated heterocycles. The molecule has 1 fully saturated rings. The molecule has 0 radical (unpaired) electrons. The highest BCUT2D eigenvalue weighted by atomic mass is 32.1. The first-order chi connectivity index (χ1) is 16.1. The van der Waals surface area contributed by atoms with Crippen molar-refractivity contribution in [3.05, 3.63) is 100.0 Å². The Bertz CT molecular complexity index is 1250. The summed E-state index contributed by atoms with van der Waals surface area (Å²) in [6.07, 6.45) is 0. The number of halogens is 1. The van der Waals surface area contributed by atoms with Crippen molar-refractivity contribution >= 4 is 28.0 Å². The smallest absolute Gasteiger partial charge is 0.264 e. The maximum absolute atomic E-state index is 13.1. The fourth-order valence-corrected chi connectivity index (χ4v) is 4.96. The van der Waals surface area contributed by atoms with E-state index in [1.165, 1.54) is 28.9 Å². The molecule has 0 aliphatic carbocycles. The zero-order valence-corrected chi connectivity index (χ0v) is 19.1. The number of amides is 1. The standard InChI is InChI=1S/C27H25FN2O2S/c28-24-8-5-20(6-9-24)17-29-11-13-30(14-12-29)27(31)26-15-21(19-33-26)18-32-25-10-7-22-3-1-2-4-23(22)16-25/h1-10,15-16,19H,11-14,17-18H2. The van der Waals surface area contributed by atoms with Crippen LogP contribution in [0.25, 0.3) is 10.8 Å². The van der Waals surface area contributed by atoms with Crippen LogP contribution in [0.1, 0.15) is 20.8 Å². The molecule has 1 aromatic heterocycles. The van der Waals surface area contributed by atoms with Crippen molar-refractivity contribution in [1.82, 2.24) is 9.80 Å². The summed E-state index contributed by atoms with van der Waals surface area (Å²) in [5.41, 5.74) is 2.09. The molecule has 5 rings (SSSR count). The summed E-state index contributed by atoms with van der Waals surface area (Å²) in [6.45, 7) is 4.23. The Kier molecular flexibility index (Phi) is 6.37. The highest BCUT2D eigenvalue weighted by Crippen LogP contribution is 2.23. The predicted octanol–water partition coefficient (Wildman–Crippen LogP) is 5.58. The summed E-state index contributed by atoms with van der Waals surface area (Å²) in [5.74, 6) is 0.690. The van der Waals surface area contributed by atoms with Gasteiger partial charge in [-0.2, -0.15) is 0 Å². The normalized spacial score (nSPS) is 14.5. The van der Waals surface area contributed by atoms with Crippen LogP contribution in [0, 0.1) is 5.82 Å². The molecule has 0 saturated carbocycles. The van der Waals surface area contributed by atoms with Gasteiger partial charge in [-0.25, -0.2) is 4.39 Å². The molecular formula is C27H25FN2O2S. The number of hydrogen-bond acceptors (Lipinski definition) is 4. The lowest BCUT2D eigenvalue weighted by Crippen LogP contribution is -2.48. The highest BCUT2D eigenvalue weighted by Gasteiger charge is 2.23. The predicted molar refractivity (Wildman–Crippen MR) is 130 cm³/mol.